The molecule has 0 saturated heterocycles. The van der Waals surface area contributed by atoms with Crippen LogP contribution in [0.5, 0.6) is 0 Å². The Morgan fingerprint density at radius 1 is 1.09 bits per heavy atom. The monoisotopic (exact) mass is 318 g/mol. The predicted molar refractivity (Wildman–Crippen MR) is 84.5 cm³/mol. The van der Waals surface area contributed by atoms with Gasteiger partial charge in [0.2, 0.25) is 15.9 Å². The molecule has 0 aliphatic heterocycles. The number of amides is 1. The molecular weight excluding hydrogens is 300 g/mol. The maximum atomic E-state index is 11.9. The lowest BCUT2D eigenvalue weighted by Gasteiger charge is -2.08. The number of nitrogens with two attached hydrogens (primary N) is 1. The molecule has 5 nitrogen and oxygen atoms in total. The first-order valence-electron chi connectivity index (χ1n) is 6.79. The van der Waals surface area contributed by atoms with Crippen molar-refractivity contribution in [2.45, 2.75) is 24.8 Å². The summed E-state index contributed by atoms with van der Waals surface area (Å²) in [6.07, 6.45) is 0.321. The molecule has 0 aliphatic carbocycles. The third-order valence-corrected chi connectivity index (χ3v) is 4.28. The third-order valence-electron chi connectivity index (χ3n) is 3.35. The minimum Gasteiger partial charge on any atom is -0.352 e. The first-order valence-corrected chi connectivity index (χ1v) is 8.34. The van der Waals surface area contributed by atoms with Gasteiger partial charge in [-0.2, -0.15) is 0 Å². The molecule has 1 amide bonds. The van der Waals surface area contributed by atoms with Crippen LogP contribution in [0.3, 0.4) is 0 Å². The number of nitrogens with one attached hydrogen (secondary N) is 1. The molecule has 0 aromatic heterocycles. The SMILES string of the molecule is Cc1ccccc1CC(=O)NCc1ccc(S(N)(=O)=O)cc1. The number of sulfonamides is 1. The fourth-order valence-electron chi connectivity index (χ4n) is 2.04. The van der Waals surface area contributed by atoms with Crippen LogP contribution in [0.1, 0.15) is 16.7 Å². The molecule has 0 radical (unpaired) electrons. The van der Waals surface area contributed by atoms with Crippen molar-refractivity contribution in [3.8, 4) is 0 Å². The van der Waals surface area contributed by atoms with Crippen LogP contribution < -0.4 is 10.5 Å². The van der Waals surface area contributed by atoms with E-state index in [1.165, 1.54) is 12.1 Å². The molecule has 0 unspecified atom stereocenters. The predicted octanol–water partition coefficient (Wildman–Crippen LogP) is 1.50. The molecule has 6 heteroatoms. The first-order chi connectivity index (χ1) is 10.4. The summed E-state index contributed by atoms with van der Waals surface area (Å²) in [6.45, 7) is 2.31. The normalized spacial score (nSPS) is 11.2. The summed E-state index contributed by atoms with van der Waals surface area (Å²) in [5.41, 5.74) is 2.88. The number of hydrogen-bond donors (Lipinski definition) is 2. The second-order valence-corrected chi connectivity index (χ2v) is 6.63. The molecular formula is C16H18N2O3S. The van der Waals surface area contributed by atoms with Crippen LogP contribution in [0.2, 0.25) is 0 Å². The summed E-state index contributed by atoms with van der Waals surface area (Å²) in [4.78, 5) is 12.0. The molecule has 2 aromatic rings. The van der Waals surface area contributed by atoms with Crippen molar-refractivity contribution in [3.05, 3.63) is 65.2 Å². The highest BCUT2D eigenvalue weighted by atomic mass is 32.2. The van der Waals surface area contributed by atoms with Crippen molar-refractivity contribution in [2.75, 3.05) is 0 Å². The largest absolute Gasteiger partial charge is 0.352 e. The molecule has 0 spiro atoms. The van der Waals surface area contributed by atoms with Crippen LogP contribution in [0.4, 0.5) is 0 Å². The van der Waals surface area contributed by atoms with Gasteiger partial charge >= 0.3 is 0 Å². The second-order valence-electron chi connectivity index (χ2n) is 5.07. The van der Waals surface area contributed by atoms with Gasteiger partial charge in [0.15, 0.2) is 0 Å². The number of carbonyl (C=O) groups excluding carboxylic acids is 1. The number of carbonyl (C=O) groups is 1. The van der Waals surface area contributed by atoms with E-state index in [-0.39, 0.29) is 10.8 Å². The van der Waals surface area contributed by atoms with E-state index >= 15 is 0 Å². The van der Waals surface area contributed by atoms with Gasteiger partial charge < -0.3 is 5.32 Å². The molecule has 0 saturated carbocycles. The Labute approximate surface area is 130 Å². The van der Waals surface area contributed by atoms with E-state index in [4.69, 9.17) is 5.14 Å². The van der Waals surface area contributed by atoms with Crippen molar-refractivity contribution in [2.24, 2.45) is 5.14 Å². The zero-order valence-electron chi connectivity index (χ0n) is 12.2. The summed E-state index contributed by atoms with van der Waals surface area (Å²) in [5, 5.41) is 7.84. The van der Waals surface area contributed by atoms with Crippen LogP contribution in [0.25, 0.3) is 0 Å². The number of aryl methyl sites for hydroxylation is 1. The Morgan fingerprint density at radius 2 is 1.73 bits per heavy atom. The standard InChI is InChI=1S/C16H18N2O3S/c1-12-4-2-3-5-14(12)10-16(19)18-11-13-6-8-15(9-7-13)22(17,20)21/h2-9H,10-11H2,1H3,(H,18,19)(H2,17,20,21). The Balaban J connectivity index is 1.93. The average molecular weight is 318 g/mol. The summed E-state index contributed by atoms with van der Waals surface area (Å²) >= 11 is 0. The summed E-state index contributed by atoms with van der Waals surface area (Å²) in [7, 11) is -3.68. The second kappa shape index (κ2) is 6.72. The van der Waals surface area contributed by atoms with Crippen LogP contribution in [-0.2, 0) is 27.8 Å². The van der Waals surface area contributed by atoms with Gasteiger partial charge in [0, 0.05) is 6.54 Å². The molecule has 0 fully saturated rings. The van der Waals surface area contributed by atoms with Gasteiger partial charge in [0.25, 0.3) is 0 Å². The van der Waals surface area contributed by atoms with Crippen molar-refractivity contribution >= 4 is 15.9 Å². The number of primary sulfonamides is 1. The zero-order chi connectivity index (χ0) is 16.2. The maximum Gasteiger partial charge on any atom is 0.238 e. The van der Waals surface area contributed by atoms with Crippen molar-refractivity contribution in [3.63, 3.8) is 0 Å². The van der Waals surface area contributed by atoms with Crippen LogP contribution in [0, 0.1) is 6.92 Å². The Bertz CT molecular complexity index is 768. The molecule has 0 atom stereocenters. The van der Waals surface area contributed by atoms with Gasteiger partial charge in [0.1, 0.15) is 0 Å². The van der Waals surface area contributed by atoms with Crippen molar-refractivity contribution in [1.29, 1.82) is 0 Å². The molecule has 2 rings (SSSR count). The van der Waals surface area contributed by atoms with Crippen LogP contribution >= 0.6 is 0 Å². The smallest absolute Gasteiger partial charge is 0.238 e. The van der Waals surface area contributed by atoms with Gasteiger partial charge in [-0.1, -0.05) is 36.4 Å². The quantitative estimate of drug-likeness (QED) is 0.875. The molecule has 116 valence electrons. The summed E-state index contributed by atoms with van der Waals surface area (Å²) in [5.74, 6) is -0.0789. The van der Waals surface area contributed by atoms with Gasteiger partial charge in [-0.3, -0.25) is 4.79 Å². The lowest BCUT2D eigenvalue weighted by atomic mass is 10.1. The summed E-state index contributed by atoms with van der Waals surface area (Å²) < 4.78 is 22.3. The fourth-order valence-corrected chi connectivity index (χ4v) is 2.56. The third kappa shape index (κ3) is 4.41. The Kier molecular flexibility index (Phi) is 4.95. The van der Waals surface area contributed by atoms with Crippen molar-refractivity contribution < 1.29 is 13.2 Å². The minimum absolute atomic E-state index is 0.0579. The topological polar surface area (TPSA) is 89.3 Å². The molecule has 0 aliphatic rings. The van der Waals surface area contributed by atoms with Crippen LogP contribution in [0.15, 0.2) is 53.4 Å². The number of rotatable bonds is 5. The van der Waals surface area contributed by atoms with E-state index in [1.807, 2.05) is 31.2 Å². The van der Waals surface area contributed by atoms with E-state index < -0.39 is 10.0 Å². The Morgan fingerprint density at radius 3 is 2.32 bits per heavy atom. The Hall–Kier alpha value is -2.18. The highest BCUT2D eigenvalue weighted by Gasteiger charge is 2.08. The minimum atomic E-state index is -3.68. The average Bonchev–Trinajstić information content (AvgIpc) is 2.47. The first kappa shape index (κ1) is 16.2. The zero-order valence-corrected chi connectivity index (χ0v) is 13.1. The van der Waals surface area contributed by atoms with E-state index in [9.17, 15) is 13.2 Å². The molecule has 0 bridgehead atoms. The van der Waals surface area contributed by atoms with E-state index in [1.54, 1.807) is 12.1 Å². The molecule has 2 aromatic carbocycles. The maximum absolute atomic E-state index is 11.9. The van der Waals surface area contributed by atoms with Gasteiger partial charge in [-0.05, 0) is 35.7 Å². The lowest BCUT2D eigenvalue weighted by molar-refractivity contribution is -0.120. The molecule has 0 heterocycles. The lowest BCUT2D eigenvalue weighted by Crippen LogP contribution is -2.24. The van der Waals surface area contributed by atoms with Gasteiger partial charge in [-0.25, -0.2) is 13.6 Å². The van der Waals surface area contributed by atoms with E-state index in [0.717, 1.165) is 16.7 Å². The molecule has 3 N–H and O–H groups in total. The highest BCUT2D eigenvalue weighted by Crippen LogP contribution is 2.10. The van der Waals surface area contributed by atoms with E-state index in [0.29, 0.717) is 13.0 Å². The van der Waals surface area contributed by atoms with Crippen molar-refractivity contribution in [1.82, 2.24) is 5.32 Å². The number of hydrogen-bond acceptors (Lipinski definition) is 3. The van der Waals surface area contributed by atoms with Gasteiger partial charge in [0.05, 0.1) is 11.3 Å². The number of benzene rings is 2. The summed E-state index contributed by atoms with van der Waals surface area (Å²) in [6, 6.07) is 13.9. The van der Waals surface area contributed by atoms with Crippen LogP contribution in [-0.4, -0.2) is 14.3 Å². The van der Waals surface area contributed by atoms with Gasteiger partial charge in [-0.15, -0.1) is 0 Å². The fraction of sp³-hybridized carbons (Fsp3) is 0.188. The van der Waals surface area contributed by atoms with E-state index in [2.05, 4.69) is 5.32 Å². The highest BCUT2D eigenvalue weighted by molar-refractivity contribution is 7.89. The molecule has 22 heavy (non-hydrogen) atoms.